The Kier molecular flexibility index (Phi) is 6.79. The van der Waals surface area contributed by atoms with E-state index in [1.165, 1.54) is 5.56 Å². The first-order valence-electron chi connectivity index (χ1n) is 10.2. The number of hydrogen-bond acceptors (Lipinski definition) is 4. The van der Waals surface area contributed by atoms with Crippen molar-refractivity contribution in [3.63, 3.8) is 0 Å². The highest BCUT2D eigenvalue weighted by Gasteiger charge is 2.26. The van der Waals surface area contributed by atoms with Crippen LogP contribution >= 0.6 is 0 Å². The fourth-order valence-electron chi connectivity index (χ4n) is 3.48. The summed E-state index contributed by atoms with van der Waals surface area (Å²) in [5.41, 5.74) is 2.21. The van der Waals surface area contributed by atoms with Crippen molar-refractivity contribution in [1.82, 2.24) is 20.0 Å². The molecule has 0 radical (unpaired) electrons. The smallest absolute Gasteiger partial charge is 0.194 e. The number of hydrogen-bond donors (Lipinski definition) is 1. The first-order chi connectivity index (χ1) is 13.9. The average Bonchev–Trinajstić information content (AvgIpc) is 3.17. The molecule has 158 valence electrons. The Bertz CT molecular complexity index is 830. The van der Waals surface area contributed by atoms with Gasteiger partial charge in [0.1, 0.15) is 11.9 Å². The zero-order valence-electron chi connectivity index (χ0n) is 18.2. The zero-order valence-corrected chi connectivity index (χ0v) is 18.2. The van der Waals surface area contributed by atoms with E-state index in [4.69, 9.17) is 14.5 Å². The molecule has 1 N–H and O–H groups in total. The number of nitrogens with zero attached hydrogens (tertiary/aromatic N) is 4. The molecule has 0 saturated carbocycles. The van der Waals surface area contributed by atoms with Crippen LogP contribution in [0.15, 0.2) is 41.7 Å². The molecule has 1 atom stereocenters. The third kappa shape index (κ3) is 5.29. The third-order valence-electron chi connectivity index (χ3n) is 5.27. The van der Waals surface area contributed by atoms with Crippen LogP contribution in [-0.2, 0) is 17.2 Å². The van der Waals surface area contributed by atoms with E-state index in [2.05, 4.69) is 48.2 Å². The van der Waals surface area contributed by atoms with E-state index >= 15 is 0 Å². The van der Waals surface area contributed by atoms with Crippen molar-refractivity contribution in [2.45, 2.75) is 32.3 Å². The van der Waals surface area contributed by atoms with Crippen LogP contribution in [0.2, 0.25) is 0 Å². The monoisotopic (exact) mass is 399 g/mol. The highest BCUT2D eigenvalue weighted by atomic mass is 16.5. The Balaban J connectivity index is 1.74. The molecular weight excluding hydrogens is 366 g/mol. The molecule has 0 spiro atoms. The molecule has 1 fully saturated rings. The summed E-state index contributed by atoms with van der Waals surface area (Å²) >= 11 is 0. The minimum Gasteiger partial charge on any atom is -0.497 e. The average molecular weight is 400 g/mol. The lowest BCUT2D eigenvalue weighted by molar-refractivity contribution is -0.00806. The van der Waals surface area contributed by atoms with Gasteiger partial charge in [-0.05, 0) is 24.6 Å². The van der Waals surface area contributed by atoms with Gasteiger partial charge in [0, 0.05) is 37.3 Å². The van der Waals surface area contributed by atoms with E-state index in [-0.39, 0.29) is 11.5 Å². The van der Waals surface area contributed by atoms with Crippen molar-refractivity contribution in [2.24, 2.45) is 12.0 Å². The van der Waals surface area contributed by atoms with E-state index in [1.54, 1.807) is 7.11 Å². The number of aryl methyl sites for hydroxylation is 1. The van der Waals surface area contributed by atoms with Crippen molar-refractivity contribution >= 4 is 5.96 Å². The Hall–Kier alpha value is -2.54. The molecule has 0 amide bonds. The Morgan fingerprint density at radius 2 is 2.24 bits per heavy atom. The minimum atomic E-state index is -0.107. The van der Waals surface area contributed by atoms with E-state index in [1.807, 2.05) is 36.3 Å². The van der Waals surface area contributed by atoms with Crippen molar-refractivity contribution < 1.29 is 9.47 Å². The third-order valence-corrected chi connectivity index (χ3v) is 5.27. The molecule has 2 aromatic rings. The molecule has 29 heavy (non-hydrogen) atoms. The van der Waals surface area contributed by atoms with Gasteiger partial charge in [0.05, 0.1) is 33.0 Å². The molecular formula is C22H33N5O2. The summed E-state index contributed by atoms with van der Waals surface area (Å²) in [5, 5.41) is 7.73. The number of nitrogens with one attached hydrogen (secondary N) is 1. The lowest BCUT2D eigenvalue weighted by atomic mass is 9.84. The van der Waals surface area contributed by atoms with Gasteiger partial charge in [-0.15, -0.1) is 0 Å². The predicted molar refractivity (Wildman–Crippen MR) is 115 cm³/mol. The number of morpholine rings is 1. The fourth-order valence-corrected chi connectivity index (χ4v) is 3.48. The van der Waals surface area contributed by atoms with Crippen LogP contribution in [0, 0.1) is 0 Å². The molecule has 1 unspecified atom stereocenters. The van der Waals surface area contributed by atoms with Gasteiger partial charge in [-0.1, -0.05) is 26.0 Å². The summed E-state index contributed by atoms with van der Waals surface area (Å²) in [6, 6.07) is 8.23. The molecule has 0 aliphatic carbocycles. The van der Waals surface area contributed by atoms with E-state index in [0.717, 1.165) is 36.9 Å². The van der Waals surface area contributed by atoms with Gasteiger partial charge in [0.25, 0.3) is 0 Å². The van der Waals surface area contributed by atoms with Crippen LogP contribution in [0.5, 0.6) is 5.75 Å². The molecule has 7 nitrogen and oxygen atoms in total. The van der Waals surface area contributed by atoms with Crippen LogP contribution in [0.3, 0.4) is 0 Å². The summed E-state index contributed by atoms with van der Waals surface area (Å²) in [4.78, 5) is 7.27. The maximum atomic E-state index is 5.98. The SMILES string of the molecule is CCNC(=NCC(C)(C)c1cccc(OC)c1)N1CCOC(c2cnn(C)c2)C1. The normalized spacial score (nSPS) is 18.0. The molecule has 2 heterocycles. The van der Waals surface area contributed by atoms with Gasteiger partial charge in [0.2, 0.25) is 0 Å². The predicted octanol–water partition coefficient (Wildman–Crippen LogP) is 2.75. The van der Waals surface area contributed by atoms with Crippen molar-refractivity contribution in [3.05, 3.63) is 47.8 Å². The van der Waals surface area contributed by atoms with Gasteiger partial charge < -0.3 is 19.7 Å². The fraction of sp³-hybridized carbons (Fsp3) is 0.545. The second kappa shape index (κ2) is 9.31. The van der Waals surface area contributed by atoms with Gasteiger partial charge in [-0.3, -0.25) is 9.67 Å². The first kappa shape index (κ1) is 21.2. The number of aromatic nitrogens is 2. The van der Waals surface area contributed by atoms with Crippen LogP contribution in [0.25, 0.3) is 0 Å². The van der Waals surface area contributed by atoms with Crippen LogP contribution in [-0.4, -0.2) is 60.5 Å². The van der Waals surface area contributed by atoms with E-state index in [0.29, 0.717) is 13.2 Å². The second-order valence-electron chi connectivity index (χ2n) is 8.04. The summed E-state index contributed by atoms with van der Waals surface area (Å²) in [6.07, 6.45) is 3.90. The maximum Gasteiger partial charge on any atom is 0.194 e. The van der Waals surface area contributed by atoms with Gasteiger partial charge in [-0.25, -0.2) is 0 Å². The maximum absolute atomic E-state index is 5.98. The highest BCUT2D eigenvalue weighted by molar-refractivity contribution is 5.80. The summed E-state index contributed by atoms with van der Waals surface area (Å²) in [7, 11) is 3.63. The van der Waals surface area contributed by atoms with Crippen LogP contribution in [0.1, 0.15) is 38.0 Å². The lowest BCUT2D eigenvalue weighted by Crippen LogP contribution is -2.48. The molecule has 1 aliphatic heterocycles. The molecule has 1 aromatic carbocycles. The minimum absolute atomic E-state index is 0.00713. The summed E-state index contributed by atoms with van der Waals surface area (Å²) in [6.45, 7) is 10.3. The molecule has 1 aliphatic rings. The Morgan fingerprint density at radius 3 is 2.93 bits per heavy atom. The largest absolute Gasteiger partial charge is 0.497 e. The van der Waals surface area contributed by atoms with Crippen molar-refractivity contribution in [3.8, 4) is 5.75 Å². The Morgan fingerprint density at radius 1 is 1.41 bits per heavy atom. The van der Waals surface area contributed by atoms with E-state index < -0.39 is 0 Å². The van der Waals surface area contributed by atoms with Gasteiger partial charge >= 0.3 is 0 Å². The number of rotatable bonds is 6. The van der Waals surface area contributed by atoms with Crippen molar-refractivity contribution in [1.29, 1.82) is 0 Å². The summed E-state index contributed by atoms with van der Waals surface area (Å²) < 4.78 is 13.2. The molecule has 3 rings (SSSR count). The second-order valence-corrected chi connectivity index (χ2v) is 8.04. The number of methoxy groups -OCH3 is 1. The molecule has 7 heteroatoms. The van der Waals surface area contributed by atoms with Crippen LogP contribution < -0.4 is 10.1 Å². The quantitative estimate of drug-likeness (QED) is 0.598. The summed E-state index contributed by atoms with van der Waals surface area (Å²) in [5.74, 6) is 1.81. The van der Waals surface area contributed by atoms with Gasteiger partial charge in [0.15, 0.2) is 5.96 Å². The molecule has 0 bridgehead atoms. The number of aliphatic imine (C=N–C) groups is 1. The number of benzene rings is 1. The van der Waals surface area contributed by atoms with E-state index in [9.17, 15) is 0 Å². The first-order valence-corrected chi connectivity index (χ1v) is 10.2. The topological polar surface area (TPSA) is 63.9 Å². The highest BCUT2D eigenvalue weighted by Crippen LogP contribution is 2.27. The standard InChI is InChI=1S/C22H33N5O2/c1-6-23-21(24-16-22(2,3)18-8-7-9-19(12-18)28-5)27-10-11-29-20(15-27)17-13-25-26(4)14-17/h7-9,12-14,20H,6,10-11,15-16H2,1-5H3,(H,23,24). The molecule has 1 aromatic heterocycles. The van der Waals surface area contributed by atoms with Crippen molar-refractivity contribution in [2.75, 3.05) is 39.9 Å². The van der Waals surface area contributed by atoms with Gasteiger partial charge in [-0.2, -0.15) is 5.10 Å². The van der Waals surface area contributed by atoms with Crippen LogP contribution in [0.4, 0.5) is 0 Å². The molecule has 1 saturated heterocycles. The lowest BCUT2D eigenvalue weighted by Gasteiger charge is -2.35. The zero-order chi connectivity index (χ0) is 20.9. The number of guanidine groups is 1. The number of ether oxygens (including phenoxy) is 2. The Labute approximate surface area is 173 Å².